The smallest absolute Gasteiger partial charge is 0.201 e. The molecule has 0 radical (unpaired) electrons. The molecule has 1 heteroatoms. The van der Waals surface area contributed by atoms with E-state index in [1.807, 2.05) is 55.8 Å². The quantitative estimate of drug-likeness (QED) is 0.324. The van der Waals surface area contributed by atoms with Crippen LogP contribution in [-0.2, 0) is 7.05 Å². The van der Waals surface area contributed by atoms with Gasteiger partial charge in [0.15, 0.2) is 6.20 Å². The van der Waals surface area contributed by atoms with Gasteiger partial charge in [0, 0.05) is 30.0 Å². The second-order valence-electron chi connectivity index (χ2n) is 7.67. The molecule has 0 atom stereocenters. The zero-order chi connectivity index (χ0) is 28.9. The van der Waals surface area contributed by atoms with E-state index in [1.54, 1.807) is 24.4 Å². The van der Waals surface area contributed by atoms with E-state index in [0.29, 0.717) is 11.1 Å². The Kier molecular flexibility index (Phi) is 3.13. The highest BCUT2D eigenvalue weighted by Crippen LogP contribution is 2.34. The van der Waals surface area contributed by atoms with Crippen LogP contribution in [0.1, 0.15) is 40.2 Å². The highest BCUT2D eigenvalue weighted by Gasteiger charge is 2.18. The summed E-state index contributed by atoms with van der Waals surface area (Å²) in [6, 6.07) is 19.0. The fourth-order valence-electron chi connectivity index (χ4n) is 3.95. The van der Waals surface area contributed by atoms with Crippen LogP contribution in [0.3, 0.4) is 0 Å². The third-order valence-electron chi connectivity index (χ3n) is 5.58. The molecule has 0 unspecified atom stereocenters. The molecular weight excluding hydrogens is 362 g/mol. The molecule has 30 heavy (non-hydrogen) atoms. The molecule has 1 heterocycles. The molecule has 0 N–H and O–H groups in total. The van der Waals surface area contributed by atoms with Gasteiger partial charge >= 0.3 is 0 Å². The van der Waals surface area contributed by atoms with Gasteiger partial charge in [0.2, 0.25) is 5.69 Å². The summed E-state index contributed by atoms with van der Waals surface area (Å²) >= 11 is 0. The Hall–Kier alpha value is -3.19. The number of aryl methyl sites for hydroxylation is 5. The van der Waals surface area contributed by atoms with Gasteiger partial charge in [0.25, 0.3) is 0 Å². The van der Waals surface area contributed by atoms with Gasteiger partial charge in [-0.3, -0.25) is 0 Å². The van der Waals surface area contributed by atoms with Crippen molar-refractivity contribution in [3.8, 4) is 33.5 Å². The fraction of sp³-hybridized carbons (Fsp3) is 0.207. The SMILES string of the molecule is [2H]C([2H])([2H])c1cc(C)ccc1-c1cccc(-c2cc(-c3c(C([2H])([2H])[2H])cccc3C([2H])([2H])[2H])cc[n+]2C)c1C. The Bertz CT molecular complexity index is 1510. The lowest BCUT2D eigenvalue weighted by atomic mass is 9.90. The number of hydrogen-bond acceptors (Lipinski definition) is 0. The van der Waals surface area contributed by atoms with Crippen molar-refractivity contribution in [2.45, 2.75) is 34.4 Å². The van der Waals surface area contributed by atoms with E-state index < -0.39 is 20.6 Å². The van der Waals surface area contributed by atoms with Crippen LogP contribution in [0.2, 0.25) is 0 Å². The Morgan fingerprint density at radius 2 is 1.40 bits per heavy atom. The lowest BCUT2D eigenvalue weighted by Crippen LogP contribution is -2.30. The van der Waals surface area contributed by atoms with E-state index in [1.165, 1.54) is 18.2 Å². The summed E-state index contributed by atoms with van der Waals surface area (Å²) in [6.07, 6.45) is 1.77. The molecule has 0 aliphatic heterocycles. The van der Waals surface area contributed by atoms with Crippen molar-refractivity contribution in [2.75, 3.05) is 0 Å². The minimum absolute atomic E-state index is 0.0247. The molecular formula is C29H30N+. The summed E-state index contributed by atoms with van der Waals surface area (Å²) < 4.78 is 74.5. The van der Waals surface area contributed by atoms with Crippen molar-refractivity contribution in [3.05, 3.63) is 101 Å². The van der Waals surface area contributed by atoms with Gasteiger partial charge in [0.05, 0.1) is 0 Å². The van der Waals surface area contributed by atoms with Crippen LogP contribution < -0.4 is 4.57 Å². The van der Waals surface area contributed by atoms with E-state index in [0.717, 1.165) is 27.9 Å². The van der Waals surface area contributed by atoms with Crippen LogP contribution >= 0.6 is 0 Å². The monoisotopic (exact) mass is 401 g/mol. The summed E-state index contributed by atoms with van der Waals surface area (Å²) in [7, 11) is 1.85. The van der Waals surface area contributed by atoms with Crippen molar-refractivity contribution >= 4 is 0 Å². The number of nitrogens with zero attached hydrogens (tertiary/aromatic N) is 1. The Labute approximate surface area is 193 Å². The van der Waals surface area contributed by atoms with Crippen molar-refractivity contribution in [1.29, 1.82) is 0 Å². The van der Waals surface area contributed by atoms with Gasteiger partial charge in [-0.2, -0.15) is 0 Å². The number of rotatable bonds is 3. The molecule has 3 aromatic carbocycles. The molecule has 150 valence electrons. The zero-order valence-electron chi connectivity index (χ0n) is 26.4. The summed E-state index contributed by atoms with van der Waals surface area (Å²) in [6.45, 7) is -3.54. The molecule has 0 spiro atoms. The number of benzene rings is 3. The van der Waals surface area contributed by atoms with Crippen molar-refractivity contribution in [1.82, 2.24) is 0 Å². The van der Waals surface area contributed by atoms with E-state index in [4.69, 9.17) is 12.3 Å². The second kappa shape index (κ2) is 7.91. The molecule has 0 saturated carbocycles. The van der Waals surface area contributed by atoms with Crippen LogP contribution in [0.15, 0.2) is 72.9 Å². The van der Waals surface area contributed by atoms with E-state index in [2.05, 4.69) is 0 Å². The van der Waals surface area contributed by atoms with Crippen molar-refractivity contribution < 1.29 is 16.9 Å². The maximum atomic E-state index is 8.08. The molecule has 0 aliphatic carbocycles. The molecule has 0 fully saturated rings. The average molecular weight is 402 g/mol. The first-order valence-corrected chi connectivity index (χ1v) is 9.85. The van der Waals surface area contributed by atoms with Crippen LogP contribution in [0.25, 0.3) is 33.5 Å². The predicted molar refractivity (Wildman–Crippen MR) is 128 cm³/mol. The van der Waals surface area contributed by atoms with Gasteiger partial charge in [-0.05, 0) is 85.0 Å². The first kappa shape index (κ1) is 11.9. The minimum atomic E-state index is -2.51. The lowest BCUT2D eigenvalue weighted by Gasteiger charge is -2.14. The van der Waals surface area contributed by atoms with E-state index in [9.17, 15) is 0 Å². The van der Waals surface area contributed by atoms with Gasteiger partial charge in [0.1, 0.15) is 7.05 Å². The highest BCUT2D eigenvalue weighted by molar-refractivity contribution is 5.80. The molecule has 0 amide bonds. The lowest BCUT2D eigenvalue weighted by molar-refractivity contribution is -0.660. The summed E-state index contributed by atoms with van der Waals surface area (Å²) in [5, 5.41) is 0. The van der Waals surface area contributed by atoms with E-state index in [-0.39, 0.29) is 22.3 Å². The Morgan fingerprint density at radius 3 is 2.13 bits per heavy atom. The predicted octanol–water partition coefficient (Wildman–Crippen LogP) is 7.05. The largest absolute Gasteiger partial charge is 0.213 e. The molecule has 4 rings (SSSR count). The standard InChI is InChI=1S/C29H30N/c1-19-13-14-25(22(4)17-19)26-11-8-12-27(23(26)5)28-18-24(15-16-30(28)6)29-20(2)9-7-10-21(29)3/h7-18H,1-6H3/q+1/i2D3,3D3,4D3. The molecule has 0 saturated heterocycles. The summed E-state index contributed by atoms with van der Waals surface area (Å²) in [5.41, 5.74) is 5.52. The van der Waals surface area contributed by atoms with Crippen LogP contribution in [-0.4, -0.2) is 0 Å². The topological polar surface area (TPSA) is 3.88 Å². The van der Waals surface area contributed by atoms with Crippen LogP contribution in [0.5, 0.6) is 0 Å². The maximum absolute atomic E-state index is 8.08. The first-order chi connectivity index (χ1) is 18.0. The Balaban J connectivity index is 1.98. The van der Waals surface area contributed by atoms with Crippen molar-refractivity contribution in [2.24, 2.45) is 7.05 Å². The van der Waals surface area contributed by atoms with Crippen LogP contribution in [0.4, 0.5) is 0 Å². The number of pyridine rings is 1. The molecule has 4 aromatic rings. The molecule has 1 nitrogen and oxygen atoms in total. The van der Waals surface area contributed by atoms with Gasteiger partial charge in [-0.25, -0.2) is 4.57 Å². The maximum Gasteiger partial charge on any atom is 0.213 e. The van der Waals surface area contributed by atoms with Crippen LogP contribution in [0, 0.1) is 34.4 Å². The highest BCUT2D eigenvalue weighted by atomic mass is 14.9. The molecule has 0 aliphatic rings. The second-order valence-corrected chi connectivity index (χ2v) is 7.67. The molecule has 0 bridgehead atoms. The van der Waals surface area contributed by atoms with Gasteiger partial charge in [-0.1, -0.05) is 54.1 Å². The first-order valence-electron chi connectivity index (χ1n) is 14.4. The minimum Gasteiger partial charge on any atom is -0.201 e. The van der Waals surface area contributed by atoms with Gasteiger partial charge in [-0.15, -0.1) is 0 Å². The number of aromatic nitrogens is 1. The third-order valence-corrected chi connectivity index (χ3v) is 5.58. The molecule has 1 aromatic heterocycles. The number of hydrogen-bond donors (Lipinski definition) is 0. The average Bonchev–Trinajstić information content (AvgIpc) is 2.83. The van der Waals surface area contributed by atoms with Gasteiger partial charge < -0.3 is 0 Å². The normalized spacial score (nSPS) is 16.7. The zero-order valence-corrected chi connectivity index (χ0v) is 17.4. The van der Waals surface area contributed by atoms with E-state index >= 15 is 0 Å². The summed E-state index contributed by atoms with van der Waals surface area (Å²) in [5.74, 6) is 0. The Morgan fingerprint density at radius 1 is 0.700 bits per heavy atom. The van der Waals surface area contributed by atoms with Crippen molar-refractivity contribution in [3.63, 3.8) is 0 Å². The fourth-order valence-corrected chi connectivity index (χ4v) is 3.95. The third kappa shape index (κ3) is 3.57. The summed E-state index contributed by atoms with van der Waals surface area (Å²) in [4.78, 5) is 0.